The van der Waals surface area contributed by atoms with E-state index in [9.17, 15) is 22.8 Å². The summed E-state index contributed by atoms with van der Waals surface area (Å²) in [6.07, 6.45) is -2.44. The molecule has 0 atom stereocenters. The van der Waals surface area contributed by atoms with Crippen molar-refractivity contribution in [1.29, 1.82) is 0 Å². The fourth-order valence-electron chi connectivity index (χ4n) is 4.59. The SMILES string of the molecule is CCc1ccc(NC(=O)c2cccc(C(F)(F)F)c2)cc1-n1c(C)c2cnc(Nc3ccc(C)nc3C)nc2nc1=O. The summed E-state index contributed by atoms with van der Waals surface area (Å²) in [5.41, 5.74) is 3.00. The first kappa shape index (κ1) is 28.4. The zero-order valence-corrected chi connectivity index (χ0v) is 23.2. The smallest absolute Gasteiger partial charge is 0.323 e. The first-order valence-electron chi connectivity index (χ1n) is 13.0. The Morgan fingerprint density at radius 1 is 0.976 bits per heavy atom. The number of anilines is 3. The molecule has 12 heteroatoms. The number of hydrogen-bond acceptors (Lipinski definition) is 7. The fraction of sp³-hybridized carbons (Fsp3) is 0.200. The Balaban J connectivity index is 1.50. The normalized spacial score (nSPS) is 11.5. The Morgan fingerprint density at radius 2 is 1.76 bits per heavy atom. The van der Waals surface area contributed by atoms with Gasteiger partial charge in [0, 0.05) is 28.8 Å². The number of carbonyl (C=O) groups is 1. The Hall–Kier alpha value is -5.13. The van der Waals surface area contributed by atoms with Crippen molar-refractivity contribution in [3.8, 4) is 5.69 Å². The summed E-state index contributed by atoms with van der Waals surface area (Å²) in [5.74, 6) is -0.460. The van der Waals surface area contributed by atoms with E-state index in [-0.39, 0.29) is 17.2 Å². The summed E-state index contributed by atoms with van der Waals surface area (Å²) in [4.78, 5) is 43.6. The van der Waals surface area contributed by atoms with Crippen LogP contribution in [0.2, 0.25) is 0 Å². The van der Waals surface area contributed by atoms with Gasteiger partial charge in [-0.3, -0.25) is 14.3 Å². The van der Waals surface area contributed by atoms with Crippen LogP contribution in [0.4, 0.5) is 30.5 Å². The average Bonchev–Trinajstić information content (AvgIpc) is 2.94. The Labute approximate surface area is 238 Å². The Kier molecular flexibility index (Phi) is 7.46. The second-order valence-electron chi connectivity index (χ2n) is 9.69. The highest BCUT2D eigenvalue weighted by atomic mass is 19.4. The Bertz CT molecular complexity index is 1900. The molecule has 3 heterocycles. The maximum Gasteiger partial charge on any atom is 0.416 e. The molecule has 0 fully saturated rings. The minimum Gasteiger partial charge on any atom is -0.323 e. The average molecular weight is 574 g/mol. The van der Waals surface area contributed by atoms with Crippen LogP contribution in [0, 0.1) is 20.8 Å². The van der Waals surface area contributed by atoms with Crippen LogP contribution in [0.1, 0.15) is 45.5 Å². The summed E-state index contributed by atoms with van der Waals surface area (Å²) in [6.45, 7) is 7.41. The summed E-state index contributed by atoms with van der Waals surface area (Å²) in [5, 5.41) is 6.28. The van der Waals surface area contributed by atoms with Crippen molar-refractivity contribution in [2.24, 2.45) is 0 Å². The van der Waals surface area contributed by atoms with Crippen molar-refractivity contribution >= 4 is 34.3 Å². The number of rotatable bonds is 6. The van der Waals surface area contributed by atoms with Gasteiger partial charge in [-0.15, -0.1) is 0 Å². The van der Waals surface area contributed by atoms with Gasteiger partial charge >= 0.3 is 11.9 Å². The van der Waals surface area contributed by atoms with Crippen LogP contribution in [0.3, 0.4) is 0 Å². The van der Waals surface area contributed by atoms with Crippen LogP contribution in [-0.4, -0.2) is 30.4 Å². The van der Waals surface area contributed by atoms with E-state index in [1.165, 1.54) is 16.7 Å². The first-order valence-corrected chi connectivity index (χ1v) is 13.0. The third kappa shape index (κ3) is 5.69. The van der Waals surface area contributed by atoms with E-state index in [0.29, 0.717) is 28.9 Å². The van der Waals surface area contributed by atoms with Crippen molar-refractivity contribution in [3.63, 3.8) is 0 Å². The first-order chi connectivity index (χ1) is 19.9. The monoisotopic (exact) mass is 573 g/mol. The third-order valence-electron chi connectivity index (χ3n) is 6.78. The number of fused-ring (bicyclic) bond motifs is 1. The molecule has 5 aromatic rings. The summed E-state index contributed by atoms with van der Waals surface area (Å²) < 4.78 is 40.8. The molecule has 0 spiro atoms. The van der Waals surface area contributed by atoms with Crippen molar-refractivity contribution < 1.29 is 18.0 Å². The molecule has 3 aromatic heterocycles. The van der Waals surface area contributed by atoms with E-state index in [0.717, 1.165) is 34.8 Å². The predicted molar refractivity (Wildman–Crippen MR) is 153 cm³/mol. The van der Waals surface area contributed by atoms with Gasteiger partial charge in [0.05, 0.1) is 28.0 Å². The van der Waals surface area contributed by atoms with E-state index in [2.05, 4.69) is 30.6 Å². The van der Waals surface area contributed by atoms with E-state index in [4.69, 9.17) is 0 Å². The van der Waals surface area contributed by atoms with Crippen LogP contribution < -0.4 is 16.3 Å². The molecule has 9 nitrogen and oxygen atoms in total. The molecule has 0 aliphatic rings. The molecule has 0 aliphatic heterocycles. The van der Waals surface area contributed by atoms with Gasteiger partial charge in [-0.2, -0.15) is 23.1 Å². The second-order valence-corrected chi connectivity index (χ2v) is 9.69. The molecule has 214 valence electrons. The molecule has 42 heavy (non-hydrogen) atoms. The number of pyridine rings is 1. The van der Waals surface area contributed by atoms with Crippen LogP contribution >= 0.6 is 0 Å². The molecule has 0 radical (unpaired) electrons. The number of nitrogens with one attached hydrogen (secondary N) is 2. The van der Waals surface area contributed by atoms with Crippen molar-refractivity contribution in [1.82, 2.24) is 24.5 Å². The van der Waals surface area contributed by atoms with Gasteiger partial charge in [0.15, 0.2) is 5.65 Å². The third-order valence-corrected chi connectivity index (χ3v) is 6.78. The number of amides is 1. The second kappa shape index (κ2) is 11.0. The van der Waals surface area contributed by atoms with Crippen LogP contribution in [-0.2, 0) is 12.6 Å². The number of hydrogen-bond donors (Lipinski definition) is 2. The molecular weight excluding hydrogens is 547 g/mol. The maximum absolute atomic E-state index is 13.3. The van der Waals surface area contributed by atoms with Gasteiger partial charge < -0.3 is 10.6 Å². The highest BCUT2D eigenvalue weighted by molar-refractivity contribution is 6.04. The van der Waals surface area contributed by atoms with E-state index >= 15 is 0 Å². The zero-order valence-electron chi connectivity index (χ0n) is 23.2. The molecule has 0 aliphatic carbocycles. The van der Waals surface area contributed by atoms with Gasteiger partial charge in [-0.25, -0.2) is 9.78 Å². The molecule has 0 unspecified atom stereocenters. The standard InChI is InChI=1S/C30H26F3N7O2/c1-5-19-10-11-22(36-27(41)20-7-6-8-21(13-20)30(31,32)33)14-25(19)40-18(4)23-15-34-28(38-26(23)39-29(40)42)37-24-12-9-16(2)35-17(24)3/h6-15H,5H2,1-4H3,(H,36,41)(H,37,38,39,42). The molecular formula is C30H26F3N7O2. The predicted octanol–water partition coefficient (Wildman–Crippen LogP) is 6.07. The van der Waals surface area contributed by atoms with Gasteiger partial charge in [-0.05, 0) is 75.2 Å². The highest BCUT2D eigenvalue weighted by Crippen LogP contribution is 2.30. The molecule has 1 amide bonds. The lowest BCUT2D eigenvalue weighted by Gasteiger charge is -2.17. The number of nitrogens with zero attached hydrogens (tertiary/aromatic N) is 5. The van der Waals surface area contributed by atoms with Crippen molar-refractivity contribution in [3.05, 3.63) is 105 Å². The van der Waals surface area contributed by atoms with Gasteiger partial charge in [-0.1, -0.05) is 19.1 Å². The molecule has 5 rings (SSSR count). The largest absolute Gasteiger partial charge is 0.416 e. The summed E-state index contributed by atoms with van der Waals surface area (Å²) >= 11 is 0. The fourth-order valence-corrected chi connectivity index (χ4v) is 4.59. The van der Waals surface area contributed by atoms with E-state index < -0.39 is 23.3 Å². The number of halogens is 3. The van der Waals surface area contributed by atoms with E-state index in [1.54, 1.807) is 31.3 Å². The molecule has 0 saturated heterocycles. The topological polar surface area (TPSA) is 115 Å². The molecule has 2 aromatic carbocycles. The van der Waals surface area contributed by atoms with Crippen LogP contribution in [0.15, 0.2) is 65.6 Å². The van der Waals surface area contributed by atoms with Crippen molar-refractivity contribution in [2.45, 2.75) is 40.3 Å². The Morgan fingerprint density at radius 3 is 2.48 bits per heavy atom. The van der Waals surface area contributed by atoms with E-state index in [1.807, 2.05) is 32.9 Å². The number of benzene rings is 2. The van der Waals surface area contributed by atoms with Crippen LogP contribution in [0.25, 0.3) is 16.7 Å². The number of aromatic nitrogens is 5. The number of alkyl halides is 3. The van der Waals surface area contributed by atoms with Gasteiger partial charge in [0.1, 0.15) is 0 Å². The number of carbonyl (C=O) groups excluding carboxylic acids is 1. The summed E-state index contributed by atoms with van der Waals surface area (Å²) in [6, 6.07) is 12.9. The molecule has 0 bridgehead atoms. The van der Waals surface area contributed by atoms with Gasteiger partial charge in [0.2, 0.25) is 5.95 Å². The lowest BCUT2D eigenvalue weighted by Crippen LogP contribution is -2.25. The highest BCUT2D eigenvalue weighted by Gasteiger charge is 2.31. The molecule has 0 saturated carbocycles. The maximum atomic E-state index is 13.3. The van der Waals surface area contributed by atoms with Crippen molar-refractivity contribution in [2.75, 3.05) is 10.6 Å². The quantitative estimate of drug-likeness (QED) is 0.253. The summed E-state index contributed by atoms with van der Waals surface area (Å²) in [7, 11) is 0. The van der Waals surface area contributed by atoms with Crippen LogP contribution in [0.5, 0.6) is 0 Å². The minimum atomic E-state index is -4.58. The number of aryl methyl sites for hydroxylation is 4. The minimum absolute atomic E-state index is 0.148. The lowest BCUT2D eigenvalue weighted by molar-refractivity contribution is -0.137. The molecule has 2 N–H and O–H groups in total. The van der Waals surface area contributed by atoms with Gasteiger partial charge in [0.25, 0.3) is 5.91 Å². The zero-order chi connectivity index (χ0) is 30.2. The lowest BCUT2D eigenvalue weighted by atomic mass is 10.1.